The van der Waals surface area contributed by atoms with Crippen LogP contribution in [0.2, 0.25) is 0 Å². The zero-order chi connectivity index (χ0) is 20.5. The Morgan fingerprint density at radius 1 is 1.21 bits per heavy atom. The van der Waals surface area contributed by atoms with Crippen LogP contribution in [-0.4, -0.2) is 22.2 Å². The summed E-state index contributed by atoms with van der Waals surface area (Å²) in [6, 6.07) is 11.7. The first-order valence-corrected chi connectivity index (χ1v) is 10.8. The summed E-state index contributed by atoms with van der Waals surface area (Å²) in [5.41, 5.74) is 8.06. The maximum Gasteiger partial charge on any atom is 0.219 e. The first-order valence-electron chi connectivity index (χ1n) is 10.8. The number of hydrogen-bond donors (Lipinski definition) is 2. The van der Waals surface area contributed by atoms with Gasteiger partial charge in [-0.05, 0) is 43.7 Å². The Bertz CT molecular complexity index is 831. The topological polar surface area (TPSA) is 96.7 Å². The van der Waals surface area contributed by atoms with Crippen molar-refractivity contribution in [3.05, 3.63) is 41.6 Å². The zero-order valence-electron chi connectivity index (χ0n) is 17.1. The maximum atomic E-state index is 12.1. The molecule has 0 spiro atoms. The summed E-state index contributed by atoms with van der Waals surface area (Å²) in [6.07, 6.45) is 10.8. The fraction of sp³-hybridized carbons (Fsp3) is 0.522. The molecule has 154 valence electrons. The molecule has 0 aliphatic heterocycles. The molecular formula is C23H31N5O. The van der Waals surface area contributed by atoms with Crippen LogP contribution >= 0.6 is 0 Å². The van der Waals surface area contributed by atoms with Crippen molar-refractivity contribution in [1.29, 1.82) is 5.26 Å². The predicted octanol–water partition coefficient (Wildman–Crippen LogP) is 4.13. The van der Waals surface area contributed by atoms with Gasteiger partial charge in [0.05, 0.1) is 11.4 Å². The molecule has 1 amide bonds. The fourth-order valence-electron chi connectivity index (χ4n) is 4.14. The quantitative estimate of drug-likeness (QED) is 0.626. The molecule has 6 nitrogen and oxygen atoms in total. The summed E-state index contributed by atoms with van der Waals surface area (Å²) < 4.78 is 1.61. The van der Waals surface area contributed by atoms with E-state index in [1.54, 1.807) is 4.68 Å². The van der Waals surface area contributed by atoms with Crippen LogP contribution in [0.4, 0.5) is 5.82 Å². The number of nitriles is 1. The summed E-state index contributed by atoms with van der Waals surface area (Å²) >= 11 is 0. The van der Waals surface area contributed by atoms with Gasteiger partial charge in [0.1, 0.15) is 17.5 Å². The van der Waals surface area contributed by atoms with Gasteiger partial charge in [0.15, 0.2) is 0 Å². The smallest absolute Gasteiger partial charge is 0.219 e. The van der Waals surface area contributed by atoms with Gasteiger partial charge in [-0.25, -0.2) is 4.68 Å². The van der Waals surface area contributed by atoms with E-state index >= 15 is 0 Å². The Morgan fingerprint density at radius 2 is 1.97 bits per heavy atom. The minimum absolute atomic E-state index is 0.121. The van der Waals surface area contributed by atoms with E-state index in [-0.39, 0.29) is 5.91 Å². The summed E-state index contributed by atoms with van der Waals surface area (Å²) in [4.78, 5) is 12.1. The third-order valence-electron chi connectivity index (χ3n) is 5.76. The first kappa shape index (κ1) is 20.9. The summed E-state index contributed by atoms with van der Waals surface area (Å²) in [6.45, 7) is 0.589. The molecule has 0 unspecified atom stereocenters. The van der Waals surface area contributed by atoms with Crippen LogP contribution in [-0.2, 0) is 11.2 Å². The van der Waals surface area contributed by atoms with Crippen molar-refractivity contribution in [2.24, 2.45) is 5.92 Å². The molecule has 29 heavy (non-hydrogen) atoms. The molecule has 1 aliphatic rings. The Balaban J connectivity index is 1.42. The van der Waals surface area contributed by atoms with Gasteiger partial charge < -0.3 is 11.1 Å². The second kappa shape index (κ2) is 10.7. The standard InChI is InChI=1S/C23H31N5O/c24-17-20-21(27-28(23(20)25)19-12-5-2-6-13-19)14-8-16-26-22(29)15-7-11-18-9-3-1-4-10-18/h2,5-6,12-13,18H,1,3-4,7-11,14-16,25H2,(H,26,29). The van der Waals surface area contributed by atoms with Gasteiger partial charge in [-0.3, -0.25) is 4.79 Å². The molecule has 1 saturated carbocycles. The largest absolute Gasteiger partial charge is 0.382 e. The lowest BCUT2D eigenvalue weighted by atomic mass is 9.86. The third-order valence-corrected chi connectivity index (χ3v) is 5.76. The number of nitrogens with one attached hydrogen (secondary N) is 1. The van der Waals surface area contributed by atoms with Gasteiger partial charge in [-0.15, -0.1) is 0 Å². The van der Waals surface area contributed by atoms with E-state index in [1.165, 1.54) is 38.5 Å². The number of nitrogens with zero attached hydrogens (tertiary/aromatic N) is 3. The van der Waals surface area contributed by atoms with Crippen molar-refractivity contribution < 1.29 is 4.79 Å². The number of hydrogen-bond acceptors (Lipinski definition) is 4. The van der Waals surface area contributed by atoms with Gasteiger partial charge in [0.25, 0.3) is 0 Å². The number of aromatic nitrogens is 2. The van der Waals surface area contributed by atoms with Gasteiger partial charge in [0.2, 0.25) is 5.91 Å². The van der Waals surface area contributed by atoms with Crippen LogP contribution in [0.15, 0.2) is 30.3 Å². The summed E-state index contributed by atoms with van der Waals surface area (Å²) in [7, 11) is 0. The number of aryl methyl sites for hydroxylation is 1. The van der Waals surface area contributed by atoms with Gasteiger partial charge >= 0.3 is 0 Å². The second-order valence-electron chi connectivity index (χ2n) is 7.92. The molecule has 0 radical (unpaired) electrons. The highest BCUT2D eigenvalue weighted by molar-refractivity contribution is 5.75. The van der Waals surface area contributed by atoms with E-state index in [1.807, 2.05) is 30.3 Å². The van der Waals surface area contributed by atoms with Crippen molar-refractivity contribution in [2.45, 2.75) is 64.2 Å². The first-order chi connectivity index (χ1) is 14.2. The average molecular weight is 394 g/mol. The van der Waals surface area contributed by atoms with Crippen molar-refractivity contribution in [3.8, 4) is 11.8 Å². The maximum absolute atomic E-state index is 12.1. The Labute approximate surface area is 173 Å². The lowest BCUT2D eigenvalue weighted by molar-refractivity contribution is -0.121. The van der Waals surface area contributed by atoms with E-state index in [4.69, 9.17) is 5.73 Å². The predicted molar refractivity (Wildman–Crippen MR) is 114 cm³/mol. The number of carbonyl (C=O) groups is 1. The monoisotopic (exact) mass is 393 g/mol. The lowest BCUT2D eigenvalue weighted by Gasteiger charge is -2.21. The van der Waals surface area contributed by atoms with Crippen LogP contribution in [0.1, 0.15) is 69.0 Å². The number of rotatable bonds is 9. The minimum Gasteiger partial charge on any atom is -0.382 e. The van der Waals surface area contributed by atoms with E-state index in [0.29, 0.717) is 36.5 Å². The molecule has 1 aromatic heterocycles. The average Bonchev–Trinajstić information content (AvgIpc) is 3.08. The molecule has 3 rings (SSSR count). The number of benzene rings is 1. The zero-order valence-corrected chi connectivity index (χ0v) is 17.1. The number of nitrogens with two attached hydrogens (primary N) is 1. The van der Waals surface area contributed by atoms with E-state index in [9.17, 15) is 10.1 Å². The van der Waals surface area contributed by atoms with Gasteiger partial charge in [-0.2, -0.15) is 10.4 Å². The minimum atomic E-state index is 0.121. The summed E-state index contributed by atoms with van der Waals surface area (Å²) in [5, 5.41) is 17.0. The van der Waals surface area contributed by atoms with E-state index in [0.717, 1.165) is 24.4 Å². The number of nitrogen functional groups attached to an aromatic ring is 1. The molecule has 3 N–H and O–H groups in total. The molecule has 1 aromatic carbocycles. The molecule has 1 aliphatic carbocycles. The van der Waals surface area contributed by atoms with Crippen molar-refractivity contribution in [3.63, 3.8) is 0 Å². The van der Waals surface area contributed by atoms with Crippen LogP contribution in [0.5, 0.6) is 0 Å². The van der Waals surface area contributed by atoms with Crippen molar-refractivity contribution >= 4 is 11.7 Å². The SMILES string of the molecule is N#Cc1c(CCCNC(=O)CCCC2CCCCC2)nn(-c2ccccc2)c1N. The molecular weight excluding hydrogens is 362 g/mol. The molecule has 0 atom stereocenters. The molecule has 2 aromatic rings. The highest BCUT2D eigenvalue weighted by atomic mass is 16.1. The fourth-order valence-corrected chi connectivity index (χ4v) is 4.14. The lowest BCUT2D eigenvalue weighted by Crippen LogP contribution is -2.24. The summed E-state index contributed by atoms with van der Waals surface area (Å²) in [5.74, 6) is 1.31. The van der Waals surface area contributed by atoms with Gasteiger partial charge in [0, 0.05) is 13.0 Å². The number of amides is 1. The van der Waals surface area contributed by atoms with Crippen molar-refractivity contribution in [1.82, 2.24) is 15.1 Å². The normalized spacial score (nSPS) is 14.4. The van der Waals surface area contributed by atoms with Crippen LogP contribution < -0.4 is 11.1 Å². The Kier molecular flexibility index (Phi) is 7.69. The highest BCUT2D eigenvalue weighted by Crippen LogP contribution is 2.27. The van der Waals surface area contributed by atoms with Gasteiger partial charge in [-0.1, -0.05) is 50.3 Å². The number of carbonyl (C=O) groups excluding carboxylic acids is 1. The molecule has 0 saturated heterocycles. The highest BCUT2D eigenvalue weighted by Gasteiger charge is 2.16. The van der Waals surface area contributed by atoms with Crippen LogP contribution in [0.25, 0.3) is 5.69 Å². The Hall–Kier alpha value is -2.81. The van der Waals surface area contributed by atoms with E-state index < -0.39 is 0 Å². The molecule has 0 bridgehead atoms. The molecule has 1 heterocycles. The number of para-hydroxylation sites is 1. The Morgan fingerprint density at radius 3 is 2.69 bits per heavy atom. The molecule has 6 heteroatoms. The van der Waals surface area contributed by atoms with Crippen LogP contribution in [0.3, 0.4) is 0 Å². The second-order valence-corrected chi connectivity index (χ2v) is 7.92. The van der Waals surface area contributed by atoms with Crippen LogP contribution in [0, 0.1) is 17.2 Å². The van der Waals surface area contributed by atoms with Crippen molar-refractivity contribution in [2.75, 3.05) is 12.3 Å². The number of anilines is 1. The molecule has 1 fully saturated rings. The third kappa shape index (κ3) is 5.83. The van der Waals surface area contributed by atoms with E-state index in [2.05, 4.69) is 16.5 Å².